The van der Waals surface area contributed by atoms with Gasteiger partial charge in [0.15, 0.2) is 0 Å². The minimum Gasteiger partial charge on any atom is -0.380 e. The van der Waals surface area contributed by atoms with E-state index in [1.54, 1.807) is 6.08 Å². The summed E-state index contributed by atoms with van der Waals surface area (Å²) in [4.78, 5) is 35.5. The van der Waals surface area contributed by atoms with Gasteiger partial charge in [0.25, 0.3) is 5.91 Å². The van der Waals surface area contributed by atoms with Gasteiger partial charge in [-0.05, 0) is 37.0 Å². The topological polar surface area (TPSA) is 71.3 Å². The highest BCUT2D eigenvalue weighted by Crippen LogP contribution is 2.42. The van der Waals surface area contributed by atoms with Crippen LogP contribution < -0.4 is 0 Å². The standard InChI is InChI=1S/C25H31N3O3/c1-4-23(27-18-26-5-2)20-6-8-21(9-7-20)24(30)28-13-10-19(3)25(12-14-28)16-22(29)11-15-31-17-25/h4-9,18-19H,1-2,10-17H2,3H3. The number of allylic oxidation sites excluding steroid dienone is 1. The van der Waals surface area contributed by atoms with Crippen LogP contribution in [0.4, 0.5) is 0 Å². The number of aliphatic imine (C=N–C) groups is 2. The van der Waals surface area contributed by atoms with Gasteiger partial charge in [-0.1, -0.05) is 32.2 Å². The number of likely N-dealkylation sites (tertiary alicyclic amines) is 1. The van der Waals surface area contributed by atoms with Gasteiger partial charge in [-0.25, -0.2) is 9.98 Å². The van der Waals surface area contributed by atoms with Gasteiger partial charge < -0.3 is 9.64 Å². The fraction of sp³-hybridized carbons (Fsp3) is 0.440. The molecule has 164 valence electrons. The third-order valence-corrected chi connectivity index (χ3v) is 6.50. The van der Waals surface area contributed by atoms with Crippen molar-refractivity contribution >= 4 is 23.7 Å². The molecule has 0 aromatic heterocycles. The summed E-state index contributed by atoms with van der Waals surface area (Å²) >= 11 is 0. The number of nitrogens with zero attached hydrogens (tertiary/aromatic N) is 3. The monoisotopic (exact) mass is 421 g/mol. The van der Waals surface area contributed by atoms with Gasteiger partial charge in [0.2, 0.25) is 0 Å². The molecule has 2 heterocycles. The Hall–Kier alpha value is -2.86. The molecule has 0 radical (unpaired) electrons. The summed E-state index contributed by atoms with van der Waals surface area (Å²) in [5.41, 5.74) is 2.02. The second-order valence-corrected chi connectivity index (χ2v) is 8.36. The zero-order valence-corrected chi connectivity index (χ0v) is 18.3. The maximum absolute atomic E-state index is 13.2. The van der Waals surface area contributed by atoms with Crippen LogP contribution in [0.5, 0.6) is 0 Å². The van der Waals surface area contributed by atoms with E-state index in [-0.39, 0.29) is 17.1 Å². The SMILES string of the molecule is C=CN=CN=C(C=C)c1ccc(C(=O)N2CCC(C)C3(CC2)COCCC(=O)C3)cc1. The van der Waals surface area contributed by atoms with Crippen LogP contribution in [0.15, 0.2) is 59.7 Å². The number of ketones is 1. The molecule has 2 saturated heterocycles. The Labute approximate surface area is 184 Å². The number of benzene rings is 1. The molecule has 0 bridgehead atoms. The smallest absolute Gasteiger partial charge is 0.253 e. The minimum atomic E-state index is -0.158. The summed E-state index contributed by atoms with van der Waals surface area (Å²) < 4.78 is 5.79. The molecule has 6 heteroatoms. The Bertz CT molecular complexity index is 888. The van der Waals surface area contributed by atoms with Crippen molar-refractivity contribution in [3.8, 4) is 0 Å². The van der Waals surface area contributed by atoms with Crippen LogP contribution in [0, 0.1) is 11.3 Å². The van der Waals surface area contributed by atoms with Crippen molar-refractivity contribution in [2.75, 3.05) is 26.3 Å². The van der Waals surface area contributed by atoms with Crippen molar-refractivity contribution in [3.63, 3.8) is 0 Å². The van der Waals surface area contributed by atoms with Gasteiger partial charge >= 0.3 is 0 Å². The number of ether oxygens (including phenoxy) is 1. The highest BCUT2D eigenvalue weighted by Gasteiger charge is 2.42. The fourth-order valence-corrected chi connectivity index (χ4v) is 4.40. The van der Waals surface area contributed by atoms with E-state index in [2.05, 4.69) is 30.1 Å². The van der Waals surface area contributed by atoms with Crippen molar-refractivity contribution in [2.45, 2.75) is 32.6 Å². The number of amides is 1. The van der Waals surface area contributed by atoms with E-state index in [0.29, 0.717) is 56.3 Å². The normalized spacial score (nSPS) is 25.3. The van der Waals surface area contributed by atoms with Crippen LogP contribution in [0.2, 0.25) is 0 Å². The summed E-state index contributed by atoms with van der Waals surface area (Å²) in [7, 11) is 0. The van der Waals surface area contributed by atoms with E-state index in [1.165, 1.54) is 12.5 Å². The molecule has 2 aliphatic rings. The minimum absolute atomic E-state index is 0.0157. The first-order chi connectivity index (χ1) is 15.0. The Kier molecular flexibility index (Phi) is 7.69. The average Bonchev–Trinajstić information content (AvgIpc) is 3.07. The number of carbonyl (C=O) groups is 2. The van der Waals surface area contributed by atoms with E-state index in [0.717, 1.165) is 18.4 Å². The molecule has 1 amide bonds. The Morgan fingerprint density at radius 2 is 1.97 bits per heavy atom. The lowest BCUT2D eigenvalue weighted by molar-refractivity contribution is -0.121. The van der Waals surface area contributed by atoms with Gasteiger partial charge in [0.1, 0.15) is 12.1 Å². The Morgan fingerprint density at radius 3 is 2.68 bits per heavy atom. The molecular weight excluding hydrogens is 390 g/mol. The van der Waals surface area contributed by atoms with E-state index >= 15 is 0 Å². The van der Waals surface area contributed by atoms with E-state index in [4.69, 9.17) is 4.74 Å². The van der Waals surface area contributed by atoms with Crippen LogP contribution in [-0.4, -0.2) is 54.9 Å². The van der Waals surface area contributed by atoms with E-state index < -0.39 is 0 Å². The van der Waals surface area contributed by atoms with Crippen LogP contribution in [0.25, 0.3) is 0 Å². The predicted octanol–water partition coefficient (Wildman–Crippen LogP) is 4.07. The molecule has 6 nitrogen and oxygen atoms in total. The lowest BCUT2D eigenvalue weighted by Crippen LogP contribution is -2.36. The largest absolute Gasteiger partial charge is 0.380 e. The third kappa shape index (κ3) is 5.44. The number of Topliss-reactive ketones (excluding diaryl/α,β-unsaturated/α-hetero) is 1. The van der Waals surface area contributed by atoms with Crippen LogP contribution in [0.3, 0.4) is 0 Å². The molecule has 31 heavy (non-hydrogen) atoms. The maximum atomic E-state index is 13.2. The van der Waals surface area contributed by atoms with E-state index in [9.17, 15) is 9.59 Å². The summed E-state index contributed by atoms with van der Waals surface area (Å²) in [6, 6.07) is 7.39. The number of carbonyl (C=O) groups excluding carboxylic acids is 2. The molecule has 0 saturated carbocycles. The third-order valence-electron chi connectivity index (χ3n) is 6.50. The first kappa shape index (κ1) is 22.8. The second kappa shape index (κ2) is 10.4. The van der Waals surface area contributed by atoms with Gasteiger partial charge in [-0.2, -0.15) is 0 Å². The summed E-state index contributed by atoms with van der Waals surface area (Å²) in [5.74, 6) is 0.623. The zero-order chi connectivity index (χ0) is 22.3. The maximum Gasteiger partial charge on any atom is 0.253 e. The Morgan fingerprint density at radius 1 is 1.23 bits per heavy atom. The molecule has 2 aliphatic heterocycles. The molecule has 1 aromatic carbocycles. The summed E-state index contributed by atoms with van der Waals surface area (Å²) in [6.07, 6.45) is 7.20. The first-order valence-corrected chi connectivity index (χ1v) is 10.8. The molecule has 1 aromatic rings. The average molecular weight is 422 g/mol. The number of hydrogen-bond donors (Lipinski definition) is 0. The molecule has 2 fully saturated rings. The summed E-state index contributed by atoms with van der Waals surface area (Å²) in [5, 5.41) is 0. The van der Waals surface area contributed by atoms with Crippen molar-refractivity contribution in [1.82, 2.24) is 4.90 Å². The molecule has 3 rings (SSSR count). The van der Waals surface area contributed by atoms with Crippen molar-refractivity contribution < 1.29 is 14.3 Å². The van der Waals surface area contributed by atoms with Crippen LogP contribution >= 0.6 is 0 Å². The molecule has 0 N–H and O–H groups in total. The van der Waals surface area contributed by atoms with Gasteiger partial charge in [-0.3, -0.25) is 9.59 Å². The van der Waals surface area contributed by atoms with E-state index in [1.807, 2.05) is 29.2 Å². The van der Waals surface area contributed by atoms with Crippen LogP contribution in [0.1, 0.15) is 48.5 Å². The lowest BCUT2D eigenvalue weighted by atomic mass is 9.70. The van der Waals surface area contributed by atoms with Crippen molar-refractivity contribution in [2.24, 2.45) is 21.3 Å². The molecule has 2 unspecified atom stereocenters. The second-order valence-electron chi connectivity index (χ2n) is 8.36. The lowest BCUT2D eigenvalue weighted by Gasteiger charge is -2.35. The highest BCUT2D eigenvalue weighted by atomic mass is 16.5. The Balaban J connectivity index is 1.72. The van der Waals surface area contributed by atoms with Crippen LogP contribution in [-0.2, 0) is 9.53 Å². The first-order valence-electron chi connectivity index (χ1n) is 10.8. The van der Waals surface area contributed by atoms with Gasteiger partial charge in [0, 0.05) is 48.7 Å². The molecule has 2 atom stereocenters. The van der Waals surface area contributed by atoms with Crippen molar-refractivity contribution in [1.29, 1.82) is 0 Å². The summed E-state index contributed by atoms with van der Waals surface area (Å²) in [6.45, 7) is 11.9. The predicted molar refractivity (Wildman–Crippen MR) is 124 cm³/mol. The van der Waals surface area contributed by atoms with Crippen molar-refractivity contribution in [3.05, 3.63) is 60.8 Å². The fourth-order valence-electron chi connectivity index (χ4n) is 4.40. The van der Waals surface area contributed by atoms with Gasteiger partial charge in [0.05, 0.1) is 18.9 Å². The highest BCUT2D eigenvalue weighted by molar-refractivity contribution is 6.11. The zero-order valence-electron chi connectivity index (χ0n) is 18.3. The molecule has 1 spiro atoms. The van der Waals surface area contributed by atoms with Gasteiger partial charge in [-0.15, -0.1) is 0 Å². The number of hydrogen-bond acceptors (Lipinski definition) is 4. The molecular formula is C25H31N3O3. The number of rotatable bonds is 5. The molecule has 0 aliphatic carbocycles. The quantitative estimate of drug-likeness (QED) is 0.531.